The summed E-state index contributed by atoms with van der Waals surface area (Å²) in [5, 5.41) is 9.25. The standard InChI is InChI=1S/C20H11BrS/c21-20-11-18-16-6-5-14-9-12-3-1-2-4-13(12)10-17(14)15(16)7-8-19(18)22-20/h1-11H. The Bertz CT molecular complexity index is 1180. The number of fused-ring (bicyclic) bond motifs is 6. The lowest BCUT2D eigenvalue weighted by Crippen LogP contribution is -1.80. The average molecular weight is 363 g/mol. The van der Waals surface area contributed by atoms with Crippen LogP contribution in [0.3, 0.4) is 0 Å². The summed E-state index contributed by atoms with van der Waals surface area (Å²) in [5.41, 5.74) is 0. The maximum absolute atomic E-state index is 3.61. The molecule has 0 aliphatic rings. The first kappa shape index (κ1) is 12.6. The van der Waals surface area contributed by atoms with Gasteiger partial charge < -0.3 is 0 Å². The van der Waals surface area contributed by atoms with Crippen LogP contribution in [0.2, 0.25) is 0 Å². The molecule has 22 heavy (non-hydrogen) atoms. The first-order valence-corrected chi connectivity index (χ1v) is 8.84. The van der Waals surface area contributed by atoms with Crippen molar-refractivity contribution in [1.29, 1.82) is 0 Å². The Morgan fingerprint density at radius 2 is 1.32 bits per heavy atom. The van der Waals surface area contributed by atoms with Crippen LogP contribution in [0.4, 0.5) is 0 Å². The van der Waals surface area contributed by atoms with Crippen molar-refractivity contribution in [3.8, 4) is 0 Å². The van der Waals surface area contributed by atoms with Crippen molar-refractivity contribution >= 4 is 69.7 Å². The number of thiophene rings is 1. The number of benzene rings is 4. The van der Waals surface area contributed by atoms with Crippen molar-refractivity contribution in [2.75, 3.05) is 0 Å². The molecule has 0 aliphatic heterocycles. The maximum Gasteiger partial charge on any atom is 0.0711 e. The zero-order valence-corrected chi connectivity index (χ0v) is 14.0. The van der Waals surface area contributed by atoms with Gasteiger partial charge in [0.2, 0.25) is 0 Å². The van der Waals surface area contributed by atoms with E-state index in [2.05, 4.69) is 82.7 Å². The summed E-state index contributed by atoms with van der Waals surface area (Å²) in [6.07, 6.45) is 0. The molecule has 0 fully saturated rings. The van der Waals surface area contributed by atoms with Gasteiger partial charge in [0.05, 0.1) is 3.79 Å². The molecule has 0 saturated carbocycles. The first-order chi connectivity index (χ1) is 10.8. The maximum atomic E-state index is 3.61. The van der Waals surface area contributed by atoms with Gasteiger partial charge in [-0.1, -0.05) is 42.5 Å². The highest BCUT2D eigenvalue weighted by Crippen LogP contribution is 2.38. The summed E-state index contributed by atoms with van der Waals surface area (Å²) in [4.78, 5) is 0. The summed E-state index contributed by atoms with van der Waals surface area (Å²) in [6, 6.07) is 24.4. The number of rotatable bonds is 0. The lowest BCUT2D eigenvalue weighted by molar-refractivity contribution is 1.79. The summed E-state index contributed by atoms with van der Waals surface area (Å²) in [5.74, 6) is 0. The minimum absolute atomic E-state index is 1.19. The third-order valence-electron chi connectivity index (χ3n) is 4.35. The summed E-state index contributed by atoms with van der Waals surface area (Å²) < 4.78 is 2.52. The molecule has 0 unspecified atom stereocenters. The van der Waals surface area contributed by atoms with Gasteiger partial charge >= 0.3 is 0 Å². The molecule has 1 heterocycles. The van der Waals surface area contributed by atoms with Gasteiger partial charge in [0.1, 0.15) is 0 Å². The van der Waals surface area contributed by atoms with Gasteiger partial charge in [0.15, 0.2) is 0 Å². The Hall–Kier alpha value is -1.90. The predicted molar refractivity (Wildman–Crippen MR) is 102 cm³/mol. The number of hydrogen-bond donors (Lipinski definition) is 0. The Kier molecular flexibility index (Phi) is 2.61. The largest absolute Gasteiger partial charge is 0.128 e. The summed E-state index contributed by atoms with van der Waals surface area (Å²) >= 11 is 5.40. The lowest BCUT2D eigenvalue weighted by Gasteiger charge is -2.07. The molecule has 1 aromatic heterocycles. The molecular formula is C20H11BrS. The molecule has 0 aliphatic carbocycles. The third kappa shape index (κ3) is 1.74. The van der Waals surface area contributed by atoms with E-state index in [1.54, 1.807) is 11.3 Å². The molecule has 0 atom stereocenters. The first-order valence-electron chi connectivity index (χ1n) is 7.23. The molecule has 0 radical (unpaired) electrons. The van der Waals surface area contributed by atoms with E-state index in [0.29, 0.717) is 0 Å². The van der Waals surface area contributed by atoms with E-state index in [-0.39, 0.29) is 0 Å². The van der Waals surface area contributed by atoms with E-state index in [1.165, 1.54) is 46.2 Å². The molecule has 0 spiro atoms. The SMILES string of the molecule is Brc1cc2c(ccc3c4cc5ccccc5cc4ccc23)s1. The molecule has 104 valence electrons. The highest BCUT2D eigenvalue weighted by atomic mass is 79.9. The fraction of sp³-hybridized carbons (Fsp3) is 0. The Labute approximate surface area is 140 Å². The minimum atomic E-state index is 1.19. The van der Waals surface area contributed by atoms with Crippen molar-refractivity contribution in [3.63, 3.8) is 0 Å². The molecule has 0 N–H and O–H groups in total. The van der Waals surface area contributed by atoms with Gasteiger partial charge in [-0.25, -0.2) is 0 Å². The van der Waals surface area contributed by atoms with Gasteiger partial charge in [-0.3, -0.25) is 0 Å². The molecule has 5 aromatic rings. The van der Waals surface area contributed by atoms with Crippen LogP contribution in [0.1, 0.15) is 0 Å². The van der Waals surface area contributed by atoms with Crippen LogP contribution >= 0.6 is 27.3 Å². The molecule has 0 amide bonds. The van der Waals surface area contributed by atoms with Crippen LogP contribution < -0.4 is 0 Å². The molecule has 0 saturated heterocycles. The number of halogens is 1. The fourth-order valence-electron chi connectivity index (χ4n) is 3.32. The van der Waals surface area contributed by atoms with E-state index in [1.807, 2.05) is 0 Å². The van der Waals surface area contributed by atoms with Crippen molar-refractivity contribution in [3.05, 3.63) is 70.5 Å². The van der Waals surface area contributed by atoms with E-state index in [9.17, 15) is 0 Å². The zero-order valence-electron chi connectivity index (χ0n) is 11.6. The summed E-state index contributed by atoms with van der Waals surface area (Å²) in [7, 11) is 0. The van der Waals surface area contributed by atoms with Crippen LogP contribution in [0.15, 0.2) is 70.5 Å². The molecule has 0 nitrogen and oxygen atoms in total. The number of hydrogen-bond acceptors (Lipinski definition) is 1. The second-order valence-electron chi connectivity index (χ2n) is 5.61. The highest BCUT2D eigenvalue weighted by molar-refractivity contribution is 9.11. The third-order valence-corrected chi connectivity index (χ3v) is 5.95. The van der Waals surface area contributed by atoms with Crippen LogP contribution in [-0.4, -0.2) is 0 Å². The van der Waals surface area contributed by atoms with Gasteiger partial charge in [0.25, 0.3) is 0 Å². The van der Waals surface area contributed by atoms with Crippen LogP contribution in [0, 0.1) is 0 Å². The van der Waals surface area contributed by atoms with Crippen LogP contribution in [0.25, 0.3) is 42.4 Å². The molecule has 2 heteroatoms. The summed E-state index contributed by atoms with van der Waals surface area (Å²) in [6.45, 7) is 0. The Morgan fingerprint density at radius 1 is 0.591 bits per heavy atom. The van der Waals surface area contributed by atoms with Gasteiger partial charge in [-0.2, -0.15) is 0 Å². The average Bonchev–Trinajstić information content (AvgIpc) is 2.93. The molecule has 4 aromatic carbocycles. The monoisotopic (exact) mass is 362 g/mol. The molecular weight excluding hydrogens is 352 g/mol. The normalized spacial score (nSPS) is 11.9. The lowest BCUT2D eigenvalue weighted by atomic mass is 9.97. The highest BCUT2D eigenvalue weighted by Gasteiger charge is 2.08. The fourth-order valence-corrected chi connectivity index (χ4v) is 4.87. The van der Waals surface area contributed by atoms with Gasteiger partial charge in [-0.15, -0.1) is 11.3 Å². The van der Waals surface area contributed by atoms with E-state index >= 15 is 0 Å². The smallest absolute Gasteiger partial charge is 0.0711 e. The van der Waals surface area contributed by atoms with E-state index in [0.717, 1.165) is 0 Å². The van der Waals surface area contributed by atoms with Crippen molar-refractivity contribution in [1.82, 2.24) is 0 Å². The minimum Gasteiger partial charge on any atom is -0.128 e. The van der Waals surface area contributed by atoms with Crippen molar-refractivity contribution < 1.29 is 0 Å². The molecule has 5 rings (SSSR count). The topological polar surface area (TPSA) is 0 Å². The predicted octanol–water partition coefficient (Wildman–Crippen LogP) is 7.12. The van der Waals surface area contributed by atoms with E-state index < -0.39 is 0 Å². The second-order valence-corrected chi connectivity index (χ2v) is 8.07. The van der Waals surface area contributed by atoms with Crippen LogP contribution in [-0.2, 0) is 0 Å². The van der Waals surface area contributed by atoms with Gasteiger partial charge in [-0.05, 0) is 72.5 Å². The Balaban J connectivity index is 2.01. The van der Waals surface area contributed by atoms with Crippen molar-refractivity contribution in [2.45, 2.75) is 0 Å². The van der Waals surface area contributed by atoms with E-state index in [4.69, 9.17) is 0 Å². The molecule has 0 bridgehead atoms. The van der Waals surface area contributed by atoms with Crippen LogP contribution in [0.5, 0.6) is 0 Å². The zero-order chi connectivity index (χ0) is 14.7. The Morgan fingerprint density at radius 3 is 2.18 bits per heavy atom. The quantitative estimate of drug-likeness (QED) is 0.203. The second kappa shape index (κ2) is 4.55. The van der Waals surface area contributed by atoms with Gasteiger partial charge in [0, 0.05) is 10.1 Å². The van der Waals surface area contributed by atoms with Crippen molar-refractivity contribution in [2.24, 2.45) is 0 Å².